The van der Waals surface area contributed by atoms with Gasteiger partial charge in [0.2, 0.25) is 0 Å². The number of halogens is 5. The molecule has 0 aliphatic carbocycles. The number of aliphatic hydroxyl groups excluding tert-OH is 4. The fraction of sp³-hybridized carbons (Fsp3) is 0.438. The van der Waals surface area contributed by atoms with E-state index in [2.05, 4.69) is 19.7 Å². The molecule has 28 heavy (non-hydrogen) atoms. The largest absolute Gasteiger partial charge is 0.456 e. The molecule has 0 aromatic heterocycles. The van der Waals surface area contributed by atoms with E-state index in [0.29, 0.717) is 0 Å². The molecule has 0 rings (SSSR count). The van der Waals surface area contributed by atoms with Gasteiger partial charge >= 0.3 is 12.1 Å². The van der Waals surface area contributed by atoms with Crippen molar-refractivity contribution in [1.29, 1.82) is 0 Å². The first kappa shape index (κ1) is 25.7. The lowest BCUT2D eigenvalue weighted by Crippen LogP contribution is -2.71. The van der Waals surface area contributed by atoms with Crippen molar-refractivity contribution in [2.24, 2.45) is 5.41 Å². The molecule has 4 atom stereocenters. The standard InChI is InChI=1S/C16H17F5O7/c1-4-7(22)10(25)14(11(26)8(23)5-2,12(27)9(24)6-3)13(28)15(17,18)16(19,20)21/h4-6,10-13,25-28H,1-3H2. The minimum absolute atomic E-state index is 0.189. The van der Waals surface area contributed by atoms with Gasteiger partial charge in [0.1, 0.15) is 29.8 Å². The third-order valence-electron chi connectivity index (χ3n) is 4.03. The summed E-state index contributed by atoms with van der Waals surface area (Å²) in [5.74, 6) is -11.6. The maximum absolute atomic E-state index is 13.9. The van der Waals surface area contributed by atoms with Crippen LogP contribution in [-0.2, 0) is 14.4 Å². The smallest absolute Gasteiger partial charge is 0.386 e. The minimum Gasteiger partial charge on any atom is -0.386 e. The Kier molecular flexibility index (Phi) is 8.10. The van der Waals surface area contributed by atoms with Gasteiger partial charge in [-0.2, -0.15) is 22.0 Å². The molecule has 12 heteroatoms. The summed E-state index contributed by atoms with van der Waals surface area (Å²) in [5.41, 5.74) is -4.17. The lowest BCUT2D eigenvalue weighted by molar-refractivity contribution is -0.343. The van der Waals surface area contributed by atoms with Gasteiger partial charge in [-0.15, -0.1) is 0 Å². The van der Waals surface area contributed by atoms with Crippen molar-refractivity contribution < 1.29 is 56.8 Å². The van der Waals surface area contributed by atoms with E-state index in [9.17, 15) is 56.8 Å². The quantitative estimate of drug-likeness (QED) is 0.273. The zero-order valence-electron chi connectivity index (χ0n) is 14.1. The molecule has 7 nitrogen and oxygen atoms in total. The Balaban J connectivity index is 7.25. The lowest BCUT2D eigenvalue weighted by Gasteiger charge is -2.47. The van der Waals surface area contributed by atoms with Crippen molar-refractivity contribution in [3.05, 3.63) is 38.0 Å². The minimum atomic E-state index is -6.54. The van der Waals surface area contributed by atoms with Crippen LogP contribution in [0.25, 0.3) is 0 Å². The van der Waals surface area contributed by atoms with Crippen LogP contribution < -0.4 is 0 Å². The first-order valence-electron chi connectivity index (χ1n) is 7.24. The molecule has 0 fully saturated rings. The van der Waals surface area contributed by atoms with Crippen LogP contribution in [0.4, 0.5) is 22.0 Å². The molecular weight excluding hydrogens is 399 g/mol. The van der Waals surface area contributed by atoms with Crippen LogP contribution in [0.2, 0.25) is 0 Å². The summed E-state index contributed by atoms with van der Waals surface area (Å²) in [7, 11) is 0. The molecule has 158 valence electrons. The maximum Gasteiger partial charge on any atom is 0.456 e. The average molecular weight is 416 g/mol. The Morgan fingerprint density at radius 3 is 1.11 bits per heavy atom. The van der Waals surface area contributed by atoms with Crippen LogP contribution in [0.5, 0.6) is 0 Å². The predicted octanol–water partition coefficient (Wildman–Crippen LogP) is -0.121. The fourth-order valence-corrected chi connectivity index (χ4v) is 2.44. The topological polar surface area (TPSA) is 132 Å². The average Bonchev–Trinajstić information content (AvgIpc) is 2.64. The highest BCUT2D eigenvalue weighted by Gasteiger charge is 2.73. The molecule has 0 aromatic carbocycles. The second-order valence-electron chi connectivity index (χ2n) is 5.55. The summed E-state index contributed by atoms with van der Waals surface area (Å²) in [6, 6.07) is 0. The van der Waals surface area contributed by atoms with Gasteiger partial charge in [0.15, 0.2) is 17.3 Å². The number of aliphatic hydroxyl groups is 4. The predicted molar refractivity (Wildman–Crippen MR) is 83.1 cm³/mol. The van der Waals surface area contributed by atoms with E-state index in [4.69, 9.17) is 0 Å². The van der Waals surface area contributed by atoms with E-state index in [1.54, 1.807) is 0 Å². The summed E-state index contributed by atoms with van der Waals surface area (Å²) >= 11 is 0. The number of carbonyl (C=O) groups excluding carboxylic acids is 3. The Bertz CT molecular complexity index is 606. The molecular formula is C16H17F5O7. The van der Waals surface area contributed by atoms with Crippen molar-refractivity contribution >= 4 is 17.3 Å². The highest BCUT2D eigenvalue weighted by atomic mass is 19.4. The number of hydrogen-bond acceptors (Lipinski definition) is 7. The SMILES string of the molecule is C=CC(=O)C(O)C(C(O)C(=O)C=C)(C(O)C(=O)C=C)C(O)C(F)(F)C(F)(F)F. The van der Waals surface area contributed by atoms with Crippen LogP contribution in [0.1, 0.15) is 0 Å². The van der Waals surface area contributed by atoms with Crippen LogP contribution in [0, 0.1) is 5.41 Å². The summed E-state index contributed by atoms with van der Waals surface area (Å²) in [5, 5.41) is 40.1. The highest BCUT2D eigenvalue weighted by Crippen LogP contribution is 2.49. The molecule has 0 amide bonds. The molecule has 0 spiro atoms. The lowest BCUT2D eigenvalue weighted by atomic mass is 9.63. The zero-order chi connectivity index (χ0) is 22.7. The molecule has 0 saturated heterocycles. The van der Waals surface area contributed by atoms with E-state index in [-0.39, 0.29) is 18.2 Å². The second kappa shape index (κ2) is 8.82. The van der Waals surface area contributed by atoms with Crippen molar-refractivity contribution in [1.82, 2.24) is 0 Å². The maximum atomic E-state index is 13.9. The summed E-state index contributed by atoms with van der Waals surface area (Å²) in [4.78, 5) is 35.3. The number of rotatable bonds is 11. The van der Waals surface area contributed by atoms with Gasteiger partial charge in [-0.25, -0.2) is 0 Å². The number of alkyl halides is 5. The highest BCUT2D eigenvalue weighted by molar-refractivity contribution is 6.01. The van der Waals surface area contributed by atoms with E-state index in [0.717, 1.165) is 0 Å². The molecule has 0 aliphatic rings. The van der Waals surface area contributed by atoms with Gasteiger partial charge in [-0.1, -0.05) is 19.7 Å². The zero-order valence-corrected chi connectivity index (χ0v) is 14.1. The molecule has 0 saturated carbocycles. The van der Waals surface area contributed by atoms with Crippen LogP contribution in [0.15, 0.2) is 38.0 Å². The monoisotopic (exact) mass is 416 g/mol. The molecule has 0 radical (unpaired) electrons. The Morgan fingerprint density at radius 2 is 0.929 bits per heavy atom. The van der Waals surface area contributed by atoms with Gasteiger partial charge in [0.05, 0.1) is 0 Å². The molecule has 0 aliphatic heterocycles. The second-order valence-corrected chi connectivity index (χ2v) is 5.55. The number of ketones is 3. The van der Waals surface area contributed by atoms with Crippen molar-refractivity contribution in [3.63, 3.8) is 0 Å². The van der Waals surface area contributed by atoms with Crippen LogP contribution >= 0.6 is 0 Å². The Labute approximate surface area is 155 Å². The summed E-state index contributed by atoms with van der Waals surface area (Å²) in [6.45, 7) is 8.52. The van der Waals surface area contributed by atoms with Gasteiger partial charge in [0.25, 0.3) is 0 Å². The Hall–Kier alpha value is -2.28. The van der Waals surface area contributed by atoms with E-state index < -0.39 is 59.3 Å². The fourth-order valence-electron chi connectivity index (χ4n) is 2.44. The molecule has 4 unspecified atom stereocenters. The van der Waals surface area contributed by atoms with Crippen LogP contribution in [0.3, 0.4) is 0 Å². The normalized spacial score (nSPS) is 18.8. The third-order valence-corrected chi connectivity index (χ3v) is 4.03. The number of hydrogen-bond donors (Lipinski definition) is 4. The third kappa shape index (κ3) is 4.09. The van der Waals surface area contributed by atoms with E-state index in [1.165, 1.54) is 0 Å². The van der Waals surface area contributed by atoms with Gasteiger partial charge < -0.3 is 20.4 Å². The molecule has 4 N–H and O–H groups in total. The van der Waals surface area contributed by atoms with Gasteiger partial charge in [0, 0.05) is 0 Å². The van der Waals surface area contributed by atoms with E-state index in [1.807, 2.05) is 0 Å². The van der Waals surface area contributed by atoms with Crippen molar-refractivity contribution in [3.8, 4) is 0 Å². The van der Waals surface area contributed by atoms with E-state index >= 15 is 0 Å². The van der Waals surface area contributed by atoms with Crippen molar-refractivity contribution in [2.45, 2.75) is 36.5 Å². The number of carbonyl (C=O) groups is 3. The first-order chi connectivity index (χ1) is 12.6. The summed E-state index contributed by atoms with van der Waals surface area (Å²) < 4.78 is 66.1. The molecule has 0 bridgehead atoms. The van der Waals surface area contributed by atoms with Crippen LogP contribution in [-0.4, -0.2) is 74.3 Å². The molecule has 0 heterocycles. The summed E-state index contributed by atoms with van der Waals surface area (Å²) in [6.07, 6.45) is -20.2. The molecule has 0 aromatic rings. The van der Waals surface area contributed by atoms with Crippen molar-refractivity contribution in [2.75, 3.05) is 0 Å². The Morgan fingerprint density at radius 1 is 0.679 bits per heavy atom. The van der Waals surface area contributed by atoms with Gasteiger partial charge in [-0.3, -0.25) is 14.4 Å². The first-order valence-corrected chi connectivity index (χ1v) is 7.24. The van der Waals surface area contributed by atoms with Gasteiger partial charge in [-0.05, 0) is 18.2 Å².